The van der Waals surface area contributed by atoms with Crippen LogP contribution in [0, 0.1) is 0 Å². The van der Waals surface area contributed by atoms with Gasteiger partial charge in [-0.3, -0.25) is 4.79 Å². The number of rotatable bonds is 5. The van der Waals surface area contributed by atoms with Crippen molar-refractivity contribution in [3.63, 3.8) is 0 Å². The molecule has 4 rings (SSSR count). The van der Waals surface area contributed by atoms with Crippen molar-refractivity contribution in [2.75, 3.05) is 14.2 Å². The third kappa shape index (κ3) is 3.27. The van der Waals surface area contributed by atoms with Crippen LogP contribution in [0.15, 0.2) is 78.9 Å². The Balaban J connectivity index is 1.73. The van der Waals surface area contributed by atoms with Crippen LogP contribution in [0.2, 0.25) is 0 Å². The lowest BCUT2D eigenvalue weighted by Crippen LogP contribution is -2.44. The summed E-state index contributed by atoms with van der Waals surface area (Å²) < 4.78 is 5.50. The van der Waals surface area contributed by atoms with Crippen LogP contribution >= 0.6 is 0 Å². The number of hydrogen-bond acceptors (Lipinski definition) is 3. The zero-order valence-corrected chi connectivity index (χ0v) is 16.1. The van der Waals surface area contributed by atoms with E-state index < -0.39 is 0 Å². The number of amides is 1. The molecule has 0 spiro atoms. The molecular weight excluding hydrogens is 348 g/mol. The maximum atomic E-state index is 13.0. The molecule has 0 unspecified atom stereocenters. The lowest BCUT2D eigenvalue weighted by Gasteiger charge is -2.41. The number of fused-ring (bicyclic) bond motifs is 1. The van der Waals surface area contributed by atoms with Crippen molar-refractivity contribution in [3.8, 4) is 5.75 Å². The molecule has 142 valence electrons. The largest absolute Gasteiger partial charge is 0.496 e. The molecule has 0 saturated carbocycles. The van der Waals surface area contributed by atoms with Crippen molar-refractivity contribution in [1.29, 1.82) is 0 Å². The second-order valence-corrected chi connectivity index (χ2v) is 7.03. The number of likely N-dealkylation sites (N-methyl/N-ethyl adjacent to an activating group) is 1. The lowest BCUT2D eigenvalue weighted by molar-refractivity contribution is 0.0652. The minimum absolute atomic E-state index is 0.0220. The van der Waals surface area contributed by atoms with Gasteiger partial charge >= 0.3 is 0 Å². The lowest BCUT2D eigenvalue weighted by atomic mass is 9.85. The van der Waals surface area contributed by atoms with Crippen molar-refractivity contribution in [3.05, 3.63) is 101 Å². The molecule has 0 bridgehead atoms. The Labute approximate surface area is 165 Å². The van der Waals surface area contributed by atoms with Crippen molar-refractivity contribution >= 4 is 5.91 Å². The molecule has 0 fully saturated rings. The van der Waals surface area contributed by atoms with Crippen LogP contribution in [0.1, 0.15) is 39.1 Å². The number of benzene rings is 3. The summed E-state index contributed by atoms with van der Waals surface area (Å²) in [5.74, 6) is 0.916. The summed E-state index contributed by atoms with van der Waals surface area (Å²) in [6.45, 7) is 0.647. The van der Waals surface area contributed by atoms with Gasteiger partial charge in [-0.05, 0) is 23.3 Å². The number of hydrogen-bond donors (Lipinski definition) is 1. The molecule has 3 aromatic rings. The van der Waals surface area contributed by atoms with Gasteiger partial charge in [-0.1, -0.05) is 66.7 Å². The highest BCUT2D eigenvalue weighted by Gasteiger charge is 2.38. The Morgan fingerprint density at radius 2 is 1.61 bits per heavy atom. The summed E-state index contributed by atoms with van der Waals surface area (Å²) in [6.07, 6.45) is 0. The van der Waals surface area contributed by atoms with Crippen molar-refractivity contribution < 1.29 is 9.53 Å². The summed E-state index contributed by atoms with van der Waals surface area (Å²) in [6, 6.07) is 26.0. The molecule has 0 aliphatic carbocycles. The van der Waals surface area contributed by atoms with E-state index >= 15 is 0 Å². The van der Waals surface area contributed by atoms with E-state index in [0.717, 1.165) is 28.0 Å². The van der Waals surface area contributed by atoms with Crippen LogP contribution in [0.3, 0.4) is 0 Å². The van der Waals surface area contributed by atoms with Crippen LogP contribution in [0.5, 0.6) is 5.75 Å². The number of carbonyl (C=O) groups is 1. The molecule has 0 saturated heterocycles. The number of ether oxygens (including phenoxy) is 1. The fourth-order valence-corrected chi connectivity index (χ4v) is 4.03. The Morgan fingerprint density at radius 1 is 0.929 bits per heavy atom. The Bertz CT molecular complexity index is 971. The average Bonchev–Trinajstić information content (AvgIpc) is 2.76. The first-order chi connectivity index (χ1) is 13.7. The van der Waals surface area contributed by atoms with E-state index in [9.17, 15) is 4.79 Å². The minimum atomic E-state index is -0.0849. The average molecular weight is 372 g/mol. The van der Waals surface area contributed by atoms with Crippen molar-refractivity contribution in [1.82, 2.24) is 10.2 Å². The number of nitrogens with one attached hydrogen (secondary N) is 1. The van der Waals surface area contributed by atoms with E-state index in [2.05, 4.69) is 29.6 Å². The maximum absolute atomic E-state index is 13.0. The normalized spacial score (nSPS) is 18.6. The van der Waals surface area contributed by atoms with Gasteiger partial charge in [0.05, 0.1) is 19.2 Å². The van der Waals surface area contributed by atoms with Gasteiger partial charge in [0.15, 0.2) is 0 Å². The summed E-state index contributed by atoms with van der Waals surface area (Å²) in [4.78, 5) is 14.8. The van der Waals surface area contributed by atoms with Gasteiger partial charge in [0.2, 0.25) is 0 Å². The zero-order valence-electron chi connectivity index (χ0n) is 16.1. The second-order valence-electron chi connectivity index (χ2n) is 7.03. The molecular formula is C24H24N2O2. The van der Waals surface area contributed by atoms with Crippen LogP contribution < -0.4 is 10.1 Å². The first-order valence-electron chi connectivity index (χ1n) is 9.47. The molecule has 28 heavy (non-hydrogen) atoms. The molecule has 1 amide bonds. The van der Waals surface area contributed by atoms with Gasteiger partial charge in [-0.25, -0.2) is 0 Å². The highest BCUT2D eigenvalue weighted by molar-refractivity contribution is 5.97. The molecule has 4 heteroatoms. The smallest absolute Gasteiger partial charge is 0.254 e. The Kier molecular flexibility index (Phi) is 5.13. The Hall–Kier alpha value is -3.11. The van der Waals surface area contributed by atoms with E-state index in [0.29, 0.717) is 6.54 Å². The number of para-hydroxylation sites is 1. The monoisotopic (exact) mass is 372 g/mol. The molecule has 4 nitrogen and oxygen atoms in total. The number of nitrogens with zero attached hydrogens (tertiary/aromatic N) is 1. The SMILES string of the molecule is COc1ccccc1CN[C@H]1c2ccccc2C(=O)N(C)[C@@H]1c1ccccc1. The van der Waals surface area contributed by atoms with Gasteiger partial charge in [0.25, 0.3) is 5.91 Å². The quantitative estimate of drug-likeness (QED) is 0.724. The fraction of sp³-hybridized carbons (Fsp3) is 0.208. The van der Waals surface area contributed by atoms with Gasteiger partial charge < -0.3 is 15.0 Å². The molecule has 1 aliphatic heterocycles. The molecule has 1 heterocycles. The van der Waals surface area contributed by atoms with Crippen LogP contribution in [-0.4, -0.2) is 25.0 Å². The van der Waals surface area contributed by atoms with E-state index in [1.54, 1.807) is 7.11 Å². The van der Waals surface area contributed by atoms with E-state index in [4.69, 9.17) is 4.74 Å². The summed E-state index contributed by atoms with van der Waals surface area (Å²) in [5, 5.41) is 3.69. The highest BCUT2D eigenvalue weighted by atomic mass is 16.5. The zero-order chi connectivity index (χ0) is 19.5. The predicted molar refractivity (Wildman–Crippen MR) is 110 cm³/mol. The first kappa shape index (κ1) is 18.3. The molecule has 0 radical (unpaired) electrons. The Morgan fingerprint density at radius 3 is 2.39 bits per heavy atom. The predicted octanol–water partition coefficient (Wildman–Crippen LogP) is 4.35. The second kappa shape index (κ2) is 7.87. The molecule has 3 aromatic carbocycles. The third-order valence-electron chi connectivity index (χ3n) is 5.43. The number of methoxy groups -OCH3 is 1. The van der Waals surface area contributed by atoms with Crippen molar-refractivity contribution in [2.24, 2.45) is 0 Å². The van der Waals surface area contributed by atoms with Gasteiger partial charge in [-0.15, -0.1) is 0 Å². The van der Waals surface area contributed by atoms with E-state index in [1.807, 2.05) is 66.5 Å². The summed E-state index contributed by atoms with van der Waals surface area (Å²) >= 11 is 0. The van der Waals surface area contributed by atoms with E-state index in [1.165, 1.54) is 0 Å². The molecule has 0 aromatic heterocycles. The van der Waals surface area contributed by atoms with Crippen LogP contribution in [0.25, 0.3) is 0 Å². The fourth-order valence-electron chi connectivity index (χ4n) is 4.03. The third-order valence-corrected chi connectivity index (χ3v) is 5.43. The van der Waals surface area contributed by atoms with Gasteiger partial charge in [0.1, 0.15) is 5.75 Å². The number of carbonyl (C=O) groups excluding carboxylic acids is 1. The molecule has 1 aliphatic rings. The maximum Gasteiger partial charge on any atom is 0.254 e. The first-order valence-corrected chi connectivity index (χ1v) is 9.47. The van der Waals surface area contributed by atoms with Gasteiger partial charge in [0, 0.05) is 24.7 Å². The summed E-state index contributed by atoms with van der Waals surface area (Å²) in [5.41, 5.74) is 4.00. The van der Waals surface area contributed by atoms with Crippen molar-refractivity contribution in [2.45, 2.75) is 18.6 Å². The highest BCUT2D eigenvalue weighted by Crippen LogP contribution is 2.40. The van der Waals surface area contributed by atoms with E-state index in [-0.39, 0.29) is 18.0 Å². The molecule has 2 atom stereocenters. The topological polar surface area (TPSA) is 41.6 Å². The molecule has 1 N–H and O–H groups in total. The standard InChI is InChI=1S/C24H24N2O2/c1-26-23(17-10-4-3-5-11-17)22(19-13-7-8-14-20(19)24(26)27)25-16-18-12-6-9-15-21(18)28-2/h3-15,22-23,25H,16H2,1-2H3/t22-,23+/m0/s1. The van der Waals surface area contributed by atoms with Crippen LogP contribution in [-0.2, 0) is 6.54 Å². The minimum Gasteiger partial charge on any atom is -0.496 e. The summed E-state index contributed by atoms with van der Waals surface area (Å²) in [7, 11) is 3.57. The van der Waals surface area contributed by atoms with Gasteiger partial charge in [-0.2, -0.15) is 0 Å². The van der Waals surface area contributed by atoms with Crippen LogP contribution in [0.4, 0.5) is 0 Å².